The predicted molar refractivity (Wildman–Crippen MR) is 154 cm³/mol. The molecule has 3 aromatic rings. The van der Waals surface area contributed by atoms with Crippen LogP contribution in [0.1, 0.15) is 30.1 Å². The molecule has 2 atom stereocenters. The molecule has 1 N–H and O–H groups in total. The summed E-state index contributed by atoms with van der Waals surface area (Å²) in [5.41, 5.74) is 8.70. The molecule has 0 unspecified atom stereocenters. The molecule has 0 bridgehead atoms. The summed E-state index contributed by atoms with van der Waals surface area (Å²) in [5.74, 6) is -0.120. The molecule has 12 heteroatoms. The van der Waals surface area contributed by atoms with Crippen LogP contribution >= 0.6 is 0 Å². The summed E-state index contributed by atoms with van der Waals surface area (Å²) in [5, 5.41) is 12.8. The van der Waals surface area contributed by atoms with Gasteiger partial charge >= 0.3 is 0 Å². The molecule has 0 aromatic heterocycles. The molecule has 1 aliphatic rings. The summed E-state index contributed by atoms with van der Waals surface area (Å²) in [6, 6.07) is 21.6. The Kier molecular flexibility index (Phi) is 9.28. The second kappa shape index (κ2) is 12.9. The minimum atomic E-state index is -3.78. The molecule has 0 saturated heterocycles. The van der Waals surface area contributed by atoms with Gasteiger partial charge in [0.05, 0.1) is 17.3 Å². The van der Waals surface area contributed by atoms with E-state index in [-0.39, 0.29) is 35.3 Å². The van der Waals surface area contributed by atoms with E-state index in [1.54, 1.807) is 80.8 Å². The number of benzene rings is 3. The van der Waals surface area contributed by atoms with Gasteiger partial charge in [0, 0.05) is 55.3 Å². The van der Waals surface area contributed by atoms with Gasteiger partial charge in [-0.15, -0.1) is 0 Å². The molecule has 1 amide bonds. The Balaban J connectivity index is 1.81. The van der Waals surface area contributed by atoms with Crippen molar-refractivity contribution in [2.24, 2.45) is 10.1 Å². The van der Waals surface area contributed by atoms with Gasteiger partial charge in [0.1, 0.15) is 5.75 Å². The third-order valence-corrected chi connectivity index (χ3v) is 8.37. The van der Waals surface area contributed by atoms with Gasteiger partial charge in [0.2, 0.25) is 5.90 Å². The van der Waals surface area contributed by atoms with E-state index in [0.717, 1.165) is 0 Å². The van der Waals surface area contributed by atoms with Crippen molar-refractivity contribution in [3.8, 4) is 5.75 Å². The van der Waals surface area contributed by atoms with Crippen LogP contribution < -0.4 is 4.74 Å². The molecule has 3 aromatic carbocycles. The number of amides is 1. The van der Waals surface area contributed by atoms with Gasteiger partial charge in [-0.2, -0.15) is 0 Å². The van der Waals surface area contributed by atoms with Crippen molar-refractivity contribution in [3.63, 3.8) is 0 Å². The van der Waals surface area contributed by atoms with Gasteiger partial charge in [0.15, 0.2) is 21.5 Å². The van der Waals surface area contributed by atoms with Crippen LogP contribution in [0.2, 0.25) is 0 Å². The molecular weight excluding hydrogens is 546 g/mol. The number of nitrogens with zero attached hydrogens (tertiary/aromatic N) is 5. The van der Waals surface area contributed by atoms with E-state index in [2.05, 4.69) is 10.0 Å². The first kappa shape index (κ1) is 29.6. The lowest BCUT2D eigenvalue weighted by atomic mass is 9.84. The first-order valence-electron chi connectivity index (χ1n) is 13.0. The van der Waals surface area contributed by atoms with Crippen molar-refractivity contribution in [1.29, 1.82) is 0 Å². The van der Waals surface area contributed by atoms with Crippen LogP contribution in [0.25, 0.3) is 10.4 Å². The van der Waals surface area contributed by atoms with Crippen LogP contribution in [-0.4, -0.2) is 68.8 Å². The molecule has 0 aliphatic carbocycles. The van der Waals surface area contributed by atoms with Gasteiger partial charge in [-0.05, 0) is 41.9 Å². The molecule has 0 fully saturated rings. The summed E-state index contributed by atoms with van der Waals surface area (Å²) in [7, 11) is -0.646. The third-order valence-electron chi connectivity index (χ3n) is 6.64. The first-order valence-corrected chi connectivity index (χ1v) is 14.6. The number of aliphatic imine (C=N–C) groups is 1. The zero-order valence-corrected chi connectivity index (χ0v) is 23.6. The Morgan fingerprint density at radius 2 is 1.78 bits per heavy atom. The summed E-state index contributed by atoms with van der Waals surface area (Å²) < 4.78 is 38.6. The fraction of sp³-hybridized carbons (Fsp3) is 0.310. The summed E-state index contributed by atoms with van der Waals surface area (Å²) in [6.45, 7) is 0.366. The van der Waals surface area contributed by atoms with Crippen LogP contribution in [-0.2, 0) is 19.4 Å². The Morgan fingerprint density at radius 3 is 2.44 bits per heavy atom. The van der Waals surface area contributed by atoms with Gasteiger partial charge in [-0.3, -0.25) is 4.79 Å². The number of carbonyl (C=O) groups is 1. The van der Waals surface area contributed by atoms with Gasteiger partial charge in [0.25, 0.3) is 5.91 Å². The van der Waals surface area contributed by atoms with Crippen molar-refractivity contribution in [2.45, 2.75) is 29.4 Å². The molecule has 41 heavy (non-hydrogen) atoms. The average molecular weight is 578 g/mol. The number of aliphatic hydroxyl groups is 1. The monoisotopic (exact) mass is 577 g/mol. The zero-order valence-electron chi connectivity index (χ0n) is 22.8. The van der Waals surface area contributed by atoms with Crippen molar-refractivity contribution < 1.29 is 27.8 Å². The second-order valence-electron chi connectivity index (χ2n) is 9.62. The number of carbonyl (C=O) groups excluding carboxylic acids is 1. The third kappa shape index (κ3) is 6.51. The van der Waals surface area contributed by atoms with E-state index < -0.39 is 27.4 Å². The van der Waals surface area contributed by atoms with E-state index in [4.69, 9.17) is 19.6 Å². The van der Waals surface area contributed by atoms with E-state index >= 15 is 0 Å². The maximum Gasteiger partial charge on any atom is 0.254 e. The molecule has 1 aliphatic heterocycles. The topological polar surface area (TPSA) is 154 Å². The molecule has 0 saturated carbocycles. The highest BCUT2D eigenvalue weighted by Gasteiger charge is 2.54. The number of ether oxygens (including phenoxy) is 2. The minimum Gasteiger partial charge on any atom is -0.494 e. The van der Waals surface area contributed by atoms with Gasteiger partial charge in [-0.25, -0.2) is 13.4 Å². The van der Waals surface area contributed by atoms with Gasteiger partial charge < -0.3 is 19.5 Å². The summed E-state index contributed by atoms with van der Waals surface area (Å²) >= 11 is 0. The summed E-state index contributed by atoms with van der Waals surface area (Å²) in [6.07, 6.45) is -0.784. The van der Waals surface area contributed by atoms with E-state index in [0.29, 0.717) is 29.9 Å². The molecule has 0 radical (unpaired) electrons. The van der Waals surface area contributed by atoms with Crippen LogP contribution in [0, 0.1) is 0 Å². The van der Waals surface area contributed by atoms with E-state index in [1.165, 1.54) is 17.0 Å². The van der Waals surface area contributed by atoms with Crippen molar-refractivity contribution in [3.05, 3.63) is 100 Å². The summed E-state index contributed by atoms with van der Waals surface area (Å²) in [4.78, 5) is 23.2. The van der Waals surface area contributed by atoms with E-state index in [9.17, 15) is 18.7 Å². The lowest BCUT2D eigenvalue weighted by Crippen LogP contribution is -2.48. The first-order chi connectivity index (χ1) is 19.7. The normalized spacial score (nSPS) is 18.1. The number of aliphatic hydroxyl groups excluding tert-OH is 1. The van der Waals surface area contributed by atoms with Gasteiger partial charge in [-0.1, -0.05) is 47.6 Å². The predicted octanol–water partition coefficient (Wildman–Crippen LogP) is 4.60. The van der Waals surface area contributed by atoms with Crippen LogP contribution in [0.15, 0.2) is 93.9 Å². The molecular formula is C29H31N5O6S. The standard InChI is InChI=1S/C29H31N5O6S/c1-34(2)28(36)29(17-20-41(37,38)23-9-4-3-5-10-23)26(24-11-6-7-12-25(24)32-33-30)40-27(31-29)21-13-15-22(16-14-21)39-19-8-18-35/h3-7,9-16,26,35H,8,17-20H2,1-2H3/t26-,29-/m1/s1. The van der Waals surface area contributed by atoms with Crippen LogP contribution in [0.4, 0.5) is 5.69 Å². The highest BCUT2D eigenvalue weighted by molar-refractivity contribution is 7.91. The molecule has 4 rings (SSSR count). The Hall–Kier alpha value is -4.38. The number of azide groups is 1. The lowest BCUT2D eigenvalue weighted by Gasteiger charge is -2.33. The highest BCUT2D eigenvalue weighted by Crippen LogP contribution is 2.46. The number of hydrogen-bond donors (Lipinski definition) is 1. The number of hydrogen-bond acceptors (Lipinski definition) is 8. The largest absolute Gasteiger partial charge is 0.494 e. The smallest absolute Gasteiger partial charge is 0.254 e. The van der Waals surface area contributed by atoms with Crippen molar-refractivity contribution in [2.75, 3.05) is 33.1 Å². The Bertz CT molecular complexity index is 1550. The zero-order chi connectivity index (χ0) is 29.5. The fourth-order valence-electron chi connectivity index (χ4n) is 4.60. The quantitative estimate of drug-likeness (QED) is 0.144. The Labute approximate surface area is 238 Å². The van der Waals surface area contributed by atoms with Crippen molar-refractivity contribution >= 4 is 27.3 Å². The molecule has 11 nitrogen and oxygen atoms in total. The second-order valence-corrected chi connectivity index (χ2v) is 11.7. The molecule has 214 valence electrons. The van der Waals surface area contributed by atoms with Crippen molar-refractivity contribution in [1.82, 2.24) is 4.90 Å². The number of rotatable bonds is 12. The Morgan fingerprint density at radius 1 is 1.10 bits per heavy atom. The maximum absolute atomic E-state index is 14.0. The van der Waals surface area contributed by atoms with Crippen LogP contribution in [0.3, 0.4) is 0 Å². The number of sulfone groups is 1. The molecule has 1 heterocycles. The number of likely N-dealkylation sites (N-methyl/N-ethyl adjacent to an activating group) is 1. The maximum atomic E-state index is 14.0. The average Bonchev–Trinajstić information content (AvgIpc) is 3.38. The van der Waals surface area contributed by atoms with Crippen LogP contribution in [0.5, 0.6) is 5.75 Å². The minimum absolute atomic E-state index is 0.0173. The SMILES string of the molecule is CN(C)C(=O)[C@]1(CCS(=O)(=O)c2ccccc2)N=C(c2ccc(OCCCO)cc2)O[C@@H]1c1ccccc1N=[N+]=[N-]. The fourth-order valence-corrected chi connectivity index (χ4v) is 5.99. The van der Waals surface area contributed by atoms with E-state index in [1.807, 2.05) is 0 Å². The molecule has 0 spiro atoms. The lowest BCUT2D eigenvalue weighted by molar-refractivity contribution is -0.137. The highest BCUT2D eigenvalue weighted by atomic mass is 32.2.